The van der Waals surface area contributed by atoms with Crippen molar-refractivity contribution in [1.29, 1.82) is 0 Å². The monoisotopic (exact) mass is 268 g/mol. The van der Waals surface area contributed by atoms with Gasteiger partial charge >= 0.3 is 0 Å². The van der Waals surface area contributed by atoms with Crippen molar-refractivity contribution in [3.05, 3.63) is 0 Å². The third-order valence-corrected chi connectivity index (χ3v) is 3.23. The van der Waals surface area contributed by atoms with Gasteiger partial charge in [-0.3, -0.25) is 4.79 Å². The van der Waals surface area contributed by atoms with E-state index in [1.165, 1.54) is 4.90 Å². The fourth-order valence-electron chi connectivity index (χ4n) is 2.25. The average Bonchev–Trinajstić information content (AvgIpc) is 2.94. The van der Waals surface area contributed by atoms with Gasteiger partial charge in [-0.15, -0.1) is 12.4 Å². The van der Waals surface area contributed by atoms with E-state index in [-0.39, 0.29) is 30.4 Å². The molecule has 1 saturated carbocycles. The van der Waals surface area contributed by atoms with Crippen LogP contribution in [0.3, 0.4) is 0 Å². The highest BCUT2D eigenvalue weighted by atomic mass is 35.5. The van der Waals surface area contributed by atoms with Crippen molar-refractivity contribution in [2.24, 2.45) is 0 Å². The van der Waals surface area contributed by atoms with Gasteiger partial charge in [0, 0.05) is 18.5 Å². The zero-order chi connectivity index (χ0) is 11.5. The number of hydrogen-bond acceptors (Lipinski definition) is 2. The summed E-state index contributed by atoms with van der Waals surface area (Å²) >= 11 is 0. The van der Waals surface area contributed by atoms with Gasteiger partial charge in [0.2, 0.25) is 5.91 Å². The van der Waals surface area contributed by atoms with E-state index in [0.717, 1.165) is 32.2 Å². The Bertz CT molecular complexity index is 256. The molecule has 0 aromatic carbocycles. The van der Waals surface area contributed by atoms with Gasteiger partial charge in [0.05, 0.1) is 6.54 Å². The Morgan fingerprint density at radius 2 is 2.06 bits per heavy atom. The van der Waals surface area contributed by atoms with E-state index in [9.17, 15) is 13.6 Å². The molecule has 2 rings (SSSR count). The molecular formula is C11H19ClF2N2O. The average molecular weight is 269 g/mol. The highest BCUT2D eigenvalue weighted by Gasteiger charge is 2.35. The van der Waals surface area contributed by atoms with Crippen LogP contribution in [0.15, 0.2) is 0 Å². The van der Waals surface area contributed by atoms with Gasteiger partial charge in [0.15, 0.2) is 0 Å². The topological polar surface area (TPSA) is 32.3 Å². The first-order chi connectivity index (χ1) is 7.66. The predicted octanol–water partition coefficient (Wildman–Crippen LogP) is 1.81. The van der Waals surface area contributed by atoms with Crippen LogP contribution in [-0.2, 0) is 4.79 Å². The Labute approximate surface area is 106 Å². The minimum atomic E-state index is -2.42. The third-order valence-electron chi connectivity index (χ3n) is 3.23. The Morgan fingerprint density at radius 3 is 2.53 bits per heavy atom. The smallest absolute Gasteiger partial charge is 0.255 e. The zero-order valence-corrected chi connectivity index (χ0v) is 10.5. The fourth-order valence-corrected chi connectivity index (χ4v) is 2.25. The summed E-state index contributed by atoms with van der Waals surface area (Å²) in [6.45, 7) is 0.548. The van der Waals surface area contributed by atoms with E-state index in [1.807, 2.05) is 0 Å². The molecule has 0 bridgehead atoms. The number of nitrogens with one attached hydrogen (secondary N) is 1. The van der Waals surface area contributed by atoms with Gasteiger partial charge in [-0.05, 0) is 32.2 Å². The van der Waals surface area contributed by atoms with E-state index in [0.29, 0.717) is 6.42 Å². The Balaban J connectivity index is 0.00000144. The summed E-state index contributed by atoms with van der Waals surface area (Å²) in [7, 11) is 0. The van der Waals surface area contributed by atoms with Crippen molar-refractivity contribution in [1.82, 2.24) is 10.2 Å². The summed E-state index contributed by atoms with van der Waals surface area (Å²) < 4.78 is 24.7. The van der Waals surface area contributed by atoms with E-state index in [1.54, 1.807) is 0 Å². The van der Waals surface area contributed by atoms with Gasteiger partial charge in [0.1, 0.15) is 0 Å². The molecule has 17 heavy (non-hydrogen) atoms. The van der Waals surface area contributed by atoms with E-state index < -0.39 is 13.0 Å². The minimum Gasteiger partial charge on any atom is -0.334 e. The molecule has 100 valence electrons. The molecule has 0 radical (unpaired) electrons. The van der Waals surface area contributed by atoms with Gasteiger partial charge in [-0.25, -0.2) is 8.78 Å². The maximum Gasteiger partial charge on any atom is 0.255 e. The molecule has 3 nitrogen and oxygen atoms in total. The molecule has 6 heteroatoms. The lowest BCUT2D eigenvalue weighted by Gasteiger charge is -2.23. The summed E-state index contributed by atoms with van der Waals surface area (Å²) in [4.78, 5) is 13.2. The van der Waals surface area contributed by atoms with Gasteiger partial charge < -0.3 is 10.2 Å². The van der Waals surface area contributed by atoms with Crippen LogP contribution < -0.4 is 5.32 Å². The second-order valence-electron chi connectivity index (χ2n) is 4.67. The van der Waals surface area contributed by atoms with Crippen molar-refractivity contribution in [3.63, 3.8) is 0 Å². The summed E-state index contributed by atoms with van der Waals surface area (Å²) in [5.41, 5.74) is 0. The zero-order valence-electron chi connectivity index (χ0n) is 9.70. The number of nitrogens with zero attached hydrogens (tertiary/aromatic N) is 1. The molecule has 2 aliphatic rings. The van der Waals surface area contributed by atoms with Gasteiger partial charge in [0.25, 0.3) is 6.43 Å². The lowest BCUT2D eigenvalue weighted by molar-refractivity contribution is -0.134. The lowest BCUT2D eigenvalue weighted by Crippen LogP contribution is -2.40. The third kappa shape index (κ3) is 4.39. The van der Waals surface area contributed by atoms with E-state index in [2.05, 4.69) is 5.32 Å². The second kappa shape index (κ2) is 6.50. The van der Waals surface area contributed by atoms with Crippen LogP contribution in [0.1, 0.15) is 32.1 Å². The van der Waals surface area contributed by atoms with Crippen molar-refractivity contribution in [2.75, 3.05) is 13.1 Å². The summed E-state index contributed by atoms with van der Waals surface area (Å²) in [5.74, 6) is -0.109. The number of hydrogen-bond donors (Lipinski definition) is 1. The van der Waals surface area contributed by atoms with Crippen molar-refractivity contribution < 1.29 is 13.6 Å². The molecule has 0 spiro atoms. The number of rotatable bonds is 5. The largest absolute Gasteiger partial charge is 0.334 e. The highest BCUT2D eigenvalue weighted by molar-refractivity contribution is 5.85. The Kier molecular flexibility index (Phi) is 5.59. The van der Waals surface area contributed by atoms with Crippen LogP contribution in [0.2, 0.25) is 0 Å². The number of carbonyl (C=O) groups excluding carboxylic acids is 1. The Hall–Kier alpha value is -0.420. The molecule has 1 atom stereocenters. The molecule has 1 amide bonds. The van der Waals surface area contributed by atoms with Crippen LogP contribution in [0.5, 0.6) is 0 Å². The normalized spacial score (nSPS) is 23.6. The summed E-state index contributed by atoms with van der Waals surface area (Å²) in [6, 6.07) is 0.286. The first-order valence-electron chi connectivity index (χ1n) is 5.98. The molecule has 1 aliphatic heterocycles. The van der Waals surface area contributed by atoms with Gasteiger partial charge in [-0.2, -0.15) is 0 Å². The van der Waals surface area contributed by atoms with Crippen LogP contribution in [0.4, 0.5) is 8.78 Å². The molecule has 0 aromatic rings. The number of halogens is 3. The quantitative estimate of drug-likeness (QED) is 0.825. The summed E-state index contributed by atoms with van der Waals surface area (Å²) in [6.07, 6.45) is 1.80. The molecule has 1 unspecified atom stereocenters. The summed E-state index contributed by atoms with van der Waals surface area (Å²) in [5, 5.41) is 3.22. The predicted molar refractivity (Wildman–Crippen MR) is 63.6 cm³/mol. The lowest BCUT2D eigenvalue weighted by atomic mass is 10.1. The van der Waals surface area contributed by atoms with Crippen molar-refractivity contribution in [2.45, 2.75) is 50.6 Å². The molecule has 1 saturated heterocycles. The number of alkyl halides is 2. The molecule has 1 aliphatic carbocycles. The van der Waals surface area contributed by atoms with E-state index >= 15 is 0 Å². The van der Waals surface area contributed by atoms with Crippen LogP contribution in [0, 0.1) is 0 Å². The fraction of sp³-hybridized carbons (Fsp3) is 0.909. The first-order valence-corrected chi connectivity index (χ1v) is 5.98. The van der Waals surface area contributed by atoms with Gasteiger partial charge in [-0.1, -0.05) is 0 Å². The molecule has 1 N–H and O–H groups in total. The van der Waals surface area contributed by atoms with Crippen LogP contribution in [-0.4, -0.2) is 42.4 Å². The second-order valence-corrected chi connectivity index (χ2v) is 4.67. The standard InChI is InChI=1S/C11H18F2N2O.ClH/c12-10(13)7-15(9-3-4-9)11(16)6-8-2-1-5-14-8;/h8-10,14H,1-7H2;1H. The molecule has 2 fully saturated rings. The van der Waals surface area contributed by atoms with Crippen LogP contribution in [0.25, 0.3) is 0 Å². The molecule has 1 heterocycles. The minimum absolute atomic E-state index is 0. The number of carbonyl (C=O) groups is 1. The molecule has 0 aromatic heterocycles. The Morgan fingerprint density at radius 1 is 1.35 bits per heavy atom. The number of amides is 1. The maximum atomic E-state index is 12.3. The SMILES string of the molecule is Cl.O=C(CC1CCCN1)N(CC(F)F)C1CC1. The molecular weight excluding hydrogens is 250 g/mol. The van der Waals surface area contributed by atoms with Crippen molar-refractivity contribution >= 4 is 18.3 Å². The maximum absolute atomic E-state index is 12.3. The van der Waals surface area contributed by atoms with Crippen molar-refractivity contribution in [3.8, 4) is 0 Å². The van der Waals surface area contributed by atoms with Crippen LogP contribution >= 0.6 is 12.4 Å². The first kappa shape index (κ1) is 14.6. The highest BCUT2D eigenvalue weighted by Crippen LogP contribution is 2.28. The van der Waals surface area contributed by atoms with E-state index in [4.69, 9.17) is 0 Å².